The number of hydrogen-bond acceptors (Lipinski definition) is 5. The molecule has 2 aromatic heterocycles. The smallest absolute Gasteiger partial charge is 0.185 e. The third-order valence-electron chi connectivity index (χ3n) is 6.65. The number of likely N-dealkylation sites (N-methyl/N-ethyl adjacent to an activating group) is 1. The van der Waals surface area contributed by atoms with Crippen molar-refractivity contribution >= 4 is 19.2 Å². The highest BCUT2D eigenvalue weighted by Gasteiger charge is 2.25. The molecule has 1 fully saturated rings. The molecule has 33 heavy (non-hydrogen) atoms. The number of benzene rings is 2. The number of rotatable bonds is 3. The molecule has 1 N–H and O–H groups in total. The van der Waals surface area contributed by atoms with Crippen LogP contribution in [0, 0.1) is 11.3 Å². The molecule has 0 spiro atoms. The molecule has 4 aromatic rings. The fourth-order valence-corrected chi connectivity index (χ4v) is 4.85. The van der Waals surface area contributed by atoms with E-state index in [2.05, 4.69) is 66.1 Å². The van der Waals surface area contributed by atoms with Gasteiger partial charge in [-0.2, -0.15) is 18.8 Å². The number of nitrogens with zero attached hydrogens (tertiary/aromatic N) is 6. The second-order valence-electron chi connectivity index (χ2n) is 8.49. The third kappa shape index (κ3) is 3.59. The van der Waals surface area contributed by atoms with E-state index < -0.39 is 0 Å². The molecule has 6 rings (SSSR count). The van der Waals surface area contributed by atoms with Crippen LogP contribution in [-0.2, 0) is 6.54 Å². The molecule has 0 amide bonds. The van der Waals surface area contributed by atoms with E-state index in [4.69, 9.17) is 5.26 Å². The standard InChI is InChI=1S/C25H23N7.H2S/c1-27-21-8-9-30(15-21)22-6-7-23-20(10-22)14-31-13-19(18-4-2-17(12-26)3-5-18)11-24(31)25-29-28-16-32(23)25;/h2-7,10-11,13,16,21,27H,8-9,14-15H2,1H3;1H2/t21-;/m0./s1. The molecular weight excluding hydrogens is 430 g/mol. The van der Waals surface area contributed by atoms with Crippen molar-refractivity contribution in [3.8, 4) is 34.4 Å². The molecule has 2 aliphatic rings. The largest absolute Gasteiger partial charge is 0.370 e. The number of hydrogen-bond donors (Lipinski definition) is 1. The predicted molar refractivity (Wildman–Crippen MR) is 134 cm³/mol. The number of aromatic nitrogens is 4. The molecular formula is C25H25N7S. The van der Waals surface area contributed by atoms with Gasteiger partial charge in [-0.3, -0.25) is 4.57 Å². The van der Waals surface area contributed by atoms with Gasteiger partial charge < -0.3 is 14.8 Å². The molecule has 166 valence electrons. The molecule has 2 aliphatic heterocycles. The Kier molecular flexibility index (Phi) is 5.44. The lowest BCUT2D eigenvalue weighted by atomic mass is 10.1. The lowest BCUT2D eigenvalue weighted by Crippen LogP contribution is -2.29. The summed E-state index contributed by atoms with van der Waals surface area (Å²) in [6.45, 7) is 2.87. The molecule has 7 nitrogen and oxygen atoms in total. The van der Waals surface area contributed by atoms with Gasteiger partial charge in [-0.25, -0.2) is 0 Å². The molecule has 1 atom stereocenters. The molecule has 0 unspecified atom stereocenters. The molecule has 1 saturated heterocycles. The Morgan fingerprint density at radius 2 is 1.94 bits per heavy atom. The minimum absolute atomic E-state index is 0. The Labute approximate surface area is 199 Å². The first-order valence-corrected chi connectivity index (χ1v) is 10.9. The number of nitriles is 1. The number of anilines is 1. The van der Waals surface area contributed by atoms with E-state index in [1.165, 1.54) is 17.7 Å². The van der Waals surface area contributed by atoms with Crippen molar-refractivity contribution < 1.29 is 0 Å². The molecule has 2 aromatic carbocycles. The zero-order valence-electron chi connectivity index (χ0n) is 18.4. The summed E-state index contributed by atoms with van der Waals surface area (Å²) in [5, 5.41) is 21.1. The Hall–Kier alpha value is -3.54. The Morgan fingerprint density at radius 1 is 1.09 bits per heavy atom. The summed E-state index contributed by atoms with van der Waals surface area (Å²) < 4.78 is 4.34. The van der Waals surface area contributed by atoms with Crippen molar-refractivity contribution in [1.82, 2.24) is 24.6 Å². The van der Waals surface area contributed by atoms with Crippen LogP contribution >= 0.6 is 13.5 Å². The minimum atomic E-state index is 0. The lowest BCUT2D eigenvalue weighted by molar-refractivity contribution is 0.617. The molecule has 0 bridgehead atoms. The van der Waals surface area contributed by atoms with Crippen LogP contribution in [0.25, 0.3) is 28.3 Å². The van der Waals surface area contributed by atoms with Gasteiger partial charge in [0.25, 0.3) is 0 Å². The summed E-state index contributed by atoms with van der Waals surface area (Å²) in [4.78, 5) is 2.46. The van der Waals surface area contributed by atoms with E-state index in [0.29, 0.717) is 11.6 Å². The molecule has 0 aliphatic carbocycles. The first-order valence-electron chi connectivity index (χ1n) is 10.9. The zero-order valence-corrected chi connectivity index (χ0v) is 19.4. The van der Waals surface area contributed by atoms with E-state index in [1.54, 1.807) is 6.33 Å². The molecule has 4 heterocycles. The molecule has 8 heteroatoms. The second kappa shape index (κ2) is 8.43. The SMILES string of the molecule is CN[C@H]1CCN(c2ccc3c(c2)Cn2cc(-c4ccc(C#N)cc4)cc2-c2nncn2-3)C1.S. The highest BCUT2D eigenvalue weighted by atomic mass is 32.1. The highest BCUT2D eigenvalue weighted by molar-refractivity contribution is 7.59. The van der Waals surface area contributed by atoms with Gasteiger partial charge in [0.1, 0.15) is 6.33 Å². The minimum Gasteiger partial charge on any atom is -0.370 e. The first kappa shape index (κ1) is 21.3. The van der Waals surface area contributed by atoms with E-state index >= 15 is 0 Å². The lowest BCUT2D eigenvalue weighted by Gasteiger charge is -2.21. The van der Waals surface area contributed by atoms with Crippen molar-refractivity contribution in [3.05, 3.63) is 72.2 Å². The van der Waals surface area contributed by atoms with Crippen LogP contribution in [0.15, 0.2) is 61.1 Å². The van der Waals surface area contributed by atoms with Gasteiger partial charge >= 0.3 is 0 Å². The normalized spacial score (nSPS) is 16.2. The summed E-state index contributed by atoms with van der Waals surface area (Å²) in [6, 6.07) is 19.3. The van der Waals surface area contributed by atoms with Crippen LogP contribution in [-0.4, -0.2) is 45.5 Å². The monoisotopic (exact) mass is 455 g/mol. The molecule has 0 radical (unpaired) electrons. The number of fused-ring (bicyclic) bond motifs is 5. The van der Waals surface area contributed by atoms with Gasteiger partial charge in [0.2, 0.25) is 0 Å². The van der Waals surface area contributed by atoms with Crippen molar-refractivity contribution in [1.29, 1.82) is 5.26 Å². The Morgan fingerprint density at radius 3 is 2.70 bits per heavy atom. The average Bonchev–Trinajstić information content (AvgIpc) is 3.57. The van der Waals surface area contributed by atoms with Crippen molar-refractivity contribution in [2.45, 2.75) is 19.0 Å². The fourth-order valence-electron chi connectivity index (χ4n) is 4.85. The van der Waals surface area contributed by atoms with Crippen molar-refractivity contribution in [2.75, 3.05) is 25.0 Å². The topological polar surface area (TPSA) is 74.7 Å². The van der Waals surface area contributed by atoms with Crippen LogP contribution in [0.3, 0.4) is 0 Å². The van der Waals surface area contributed by atoms with E-state index in [1.807, 2.05) is 31.3 Å². The van der Waals surface area contributed by atoms with Gasteiger partial charge in [-0.15, -0.1) is 10.2 Å². The maximum atomic E-state index is 9.09. The third-order valence-corrected chi connectivity index (χ3v) is 6.65. The van der Waals surface area contributed by atoms with Gasteiger partial charge in [0, 0.05) is 43.1 Å². The van der Waals surface area contributed by atoms with E-state index in [9.17, 15) is 0 Å². The summed E-state index contributed by atoms with van der Waals surface area (Å²) in [6.07, 6.45) is 5.13. The summed E-state index contributed by atoms with van der Waals surface area (Å²) in [5.74, 6) is 0.841. The van der Waals surface area contributed by atoms with E-state index in [0.717, 1.165) is 48.0 Å². The van der Waals surface area contributed by atoms with Crippen LogP contribution in [0.4, 0.5) is 5.69 Å². The first-order chi connectivity index (χ1) is 15.7. The Balaban J connectivity index is 0.00000228. The van der Waals surface area contributed by atoms with Crippen LogP contribution in [0.1, 0.15) is 17.5 Å². The van der Waals surface area contributed by atoms with Gasteiger partial charge in [-0.05, 0) is 61.0 Å². The van der Waals surface area contributed by atoms with Crippen LogP contribution < -0.4 is 10.2 Å². The number of nitrogens with one attached hydrogen (secondary N) is 1. The predicted octanol–water partition coefficient (Wildman–Crippen LogP) is 3.55. The average molecular weight is 456 g/mol. The van der Waals surface area contributed by atoms with Crippen molar-refractivity contribution in [2.24, 2.45) is 0 Å². The summed E-state index contributed by atoms with van der Waals surface area (Å²) >= 11 is 0. The fraction of sp³-hybridized carbons (Fsp3) is 0.240. The second-order valence-corrected chi connectivity index (χ2v) is 8.49. The van der Waals surface area contributed by atoms with E-state index in [-0.39, 0.29) is 13.5 Å². The van der Waals surface area contributed by atoms with Crippen molar-refractivity contribution in [3.63, 3.8) is 0 Å². The van der Waals surface area contributed by atoms with Gasteiger partial charge in [0.15, 0.2) is 5.82 Å². The summed E-state index contributed by atoms with van der Waals surface area (Å²) in [7, 11) is 2.04. The zero-order chi connectivity index (χ0) is 21.7. The van der Waals surface area contributed by atoms with Gasteiger partial charge in [0.05, 0.1) is 23.0 Å². The van der Waals surface area contributed by atoms with Crippen LogP contribution in [0.2, 0.25) is 0 Å². The molecule has 0 saturated carbocycles. The van der Waals surface area contributed by atoms with Gasteiger partial charge in [-0.1, -0.05) is 12.1 Å². The Bertz CT molecular complexity index is 1350. The highest BCUT2D eigenvalue weighted by Crippen LogP contribution is 2.35. The quantitative estimate of drug-likeness (QED) is 0.450. The summed E-state index contributed by atoms with van der Waals surface area (Å²) in [5.41, 5.74) is 7.53. The van der Waals surface area contributed by atoms with Crippen LogP contribution in [0.5, 0.6) is 0 Å². The maximum Gasteiger partial charge on any atom is 0.185 e. The maximum absolute atomic E-state index is 9.09.